The van der Waals surface area contributed by atoms with E-state index in [0.717, 1.165) is 6.42 Å². The maximum Gasteiger partial charge on any atom is 0.217 e. The molecule has 4 N–H and O–H groups in total. The van der Waals surface area contributed by atoms with E-state index in [0.29, 0.717) is 5.92 Å². The van der Waals surface area contributed by atoms with E-state index in [2.05, 4.69) is 0 Å². The predicted octanol–water partition coefficient (Wildman–Crippen LogP) is 0.399. The molecule has 2 amide bonds. The molecule has 0 saturated carbocycles. The van der Waals surface area contributed by atoms with Crippen molar-refractivity contribution in [1.29, 1.82) is 0 Å². The molecule has 0 bridgehead atoms. The van der Waals surface area contributed by atoms with Crippen LogP contribution in [0.4, 0.5) is 0 Å². The van der Waals surface area contributed by atoms with Gasteiger partial charge in [0.05, 0.1) is 0 Å². The number of carbonyl (C=O) groups excluding carboxylic acids is 2. The number of hydrogen-bond donors (Lipinski definition) is 2. The van der Waals surface area contributed by atoms with Crippen molar-refractivity contribution in [3.05, 3.63) is 0 Å². The topological polar surface area (TPSA) is 86.2 Å². The maximum absolute atomic E-state index is 10.6. The SMILES string of the molecule is CC(C)CC(CC(N)=O)CC(N)=O. The molecule has 4 nitrogen and oxygen atoms in total. The zero-order valence-electron chi connectivity index (χ0n) is 8.25. The van der Waals surface area contributed by atoms with Crippen molar-refractivity contribution in [2.45, 2.75) is 33.1 Å². The summed E-state index contributed by atoms with van der Waals surface area (Å²) in [5.41, 5.74) is 10.1. The fourth-order valence-electron chi connectivity index (χ4n) is 1.47. The van der Waals surface area contributed by atoms with Gasteiger partial charge in [0.25, 0.3) is 0 Å². The standard InChI is InChI=1S/C9H18N2O2/c1-6(2)3-7(4-8(10)12)5-9(11)13/h6-7H,3-5H2,1-2H3,(H2,10,12)(H2,11,13). The second-order valence-electron chi connectivity index (χ2n) is 3.84. The summed E-state index contributed by atoms with van der Waals surface area (Å²) in [5.74, 6) is -0.280. The lowest BCUT2D eigenvalue weighted by Gasteiger charge is -2.15. The summed E-state index contributed by atoms with van der Waals surface area (Å²) in [6.07, 6.45) is 1.31. The summed E-state index contributed by atoms with van der Waals surface area (Å²) in [7, 11) is 0. The minimum atomic E-state index is -0.369. The zero-order valence-corrected chi connectivity index (χ0v) is 8.25. The fraction of sp³-hybridized carbons (Fsp3) is 0.778. The molecule has 13 heavy (non-hydrogen) atoms. The van der Waals surface area contributed by atoms with Crippen LogP contribution >= 0.6 is 0 Å². The van der Waals surface area contributed by atoms with Gasteiger partial charge in [0.1, 0.15) is 0 Å². The Hall–Kier alpha value is -1.06. The lowest BCUT2D eigenvalue weighted by Crippen LogP contribution is -2.23. The number of carbonyl (C=O) groups is 2. The Labute approximate surface area is 78.7 Å². The van der Waals surface area contributed by atoms with Crippen LogP contribution in [-0.2, 0) is 9.59 Å². The molecule has 0 heterocycles. The molecule has 0 atom stereocenters. The Morgan fingerprint density at radius 2 is 1.46 bits per heavy atom. The van der Waals surface area contributed by atoms with Crippen LogP contribution in [0.2, 0.25) is 0 Å². The Morgan fingerprint density at radius 3 is 1.69 bits per heavy atom. The summed E-state index contributed by atoms with van der Waals surface area (Å²) < 4.78 is 0. The largest absolute Gasteiger partial charge is 0.370 e. The minimum Gasteiger partial charge on any atom is -0.370 e. The molecule has 0 aromatic carbocycles. The van der Waals surface area contributed by atoms with E-state index < -0.39 is 0 Å². The minimum absolute atomic E-state index is 0.00926. The van der Waals surface area contributed by atoms with Crippen LogP contribution in [0.3, 0.4) is 0 Å². The highest BCUT2D eigenvalue weighted by Gasteiger charge is 2.15. The molecule has 0 aliphatic heterocycles. The van der Waals surface area contributed by atoms with Gasteiger partial charge in [-0.15, -0.1) is 0 Å². The Balaban J connectivity index is 4.02. The van der Waals surface area contributed by atoms with E-state index >= 15 is 0 Å². The van der Waals surface area contributed by atoms with Gasteiger partial charge in [-0.3, -0.25) is 9.59 Å². The van der Waals surface area contributed by atoms with Crippen molar-refractivity contribution in [2.75, 3.05) is 0 Å². The van der Waals surface area contributed by atoms with Gasteiger partial charge < -0.3 is 11.5 Å². The second kappa shape index (κ2) is 5.56. The first-order chi connectivity index (χ1) is 5.91. The maximum atomic E-state index is 10.6. The van der Waals surface area contributed by atoms with E-state index in [1.807, 2.05) is 13.8 Å². The second-order valence-corrected chi connectivity index (χ2v) is 3.84. The van der Waals surface area contributed by atoms with Gasteiger partial charge in [-0.05, 0) is 18.3 Å². The number of rotatable bonds is 6. The van der Waals surface area contributed by atoms with Crippen LogP contribution in [-0.4, -0.2) is 11.8 Å². The molecule has 0 spiro atoms. The average molecular weight is 186 g/mol. The van der Waals surface area contributed by atoms with Gasteiger partial charge in [0, 0.05) is 12.8 Å². The van der Waals surface area contributed by atoms with Gasteiger partial charge in [-0.25, -0.2) is 0 Å². The molecule has 0 fully saturated rings. The van der Waals surface area contributed by atoms with Crippen molar-refractivity contribution in [3.63, 3.8) is 0 Å². The van der Waals surface area contributed by atoms with Gasteiger partial charge in [0.2, 0.25) is 11.8 Å². The van der Waals surface area contributed by atoms with Crippen molar-refractivity contribution in [2.24, 2.45) is 23.3 Å². The third kappa shape index (κ3) is 7.31. The van der Waals surface area contributed by atoms with Gasteiger partial charge >= 0.3 is 0 Å². The van der Waals surface area contributed by atoms with Crippen LogP contribution < -0.4 is 11.5 Å². The van der Waals surface area contributed by atoms with Gasteiger partial charge in [-0.2, -0.15) is 0 Å². The first-order valence-electron chi connectivity index (χ1n) is 4.48. The lowest BCUT2D eigenvalue weighted by molar-refractivity contribution is -0.121. The average Bonchev–Trinajstić information content (AvgIpc) is 1.80. The van der Waals surface area contributed by atoms with Crippen molar-refractivity contribution < 1.29 is 9.59 Å². The van der Waals surface area contributed by atoms with Gasteiger partial charge in [-0.1, -0.05) is 13.8 Å². The highest BCUT2D eigenvalue weighted by molar-refractivity contribution is 5.77. The summed E-state index contributed by atoms with van der Waals surface area (Å²) >= 11 is 0. The molecule has 0 rings (SSSR count). The molecule has 0 radical (unpaired) electrons. The van der Waals surface area contributed by atoms with Crippen molar-refractivity contribution in [1.82, 2.24) is 0 Å². The third-order valence-electron chi connectivity index (χ3n) is 1.78. The van der Waals surface area contributed by atoms with Crippen LogP contribution in [0.15, 0.2) is 0 Å². The van der Waals surface area contributed by atoms with E-state index in [9.17, 15) is 9.59 Å². The smallest absolute Gasteiger partial charge is 0.217 e. The fourth-order valence-corrected chi connectivity index (χ4v) is 1.47. The van der Waals surface area contributed by atoms with E-state index in [-0.39, 0.29) is 30.6 Å². The highest BCUT2D eigenvalue weighted by atomic mass is 16.1. The molecule has 0 aliphatic rings. The highest BCUT2D eigenvalue weighted by Crippen LogP contribution is 2.18. The number of amides is 2. The Kier molecular flexibility index (Phi) is 5.11. The molecule has 0 unspecified atom stereocenters. The lowest BCUT2D eigenvalue weighted by atomic mass is 9.91. The van der Waals surface area contributed by atoms with Crippen LogP contribution in [0.5, 0.6) is 0 Å². The molecule has 0 saturated heterocycles. The first-order valence-corrected chi connectivity index (χ1v) is 4.48. The predicted molar refractivity (Wildman–Crippen MR) is 50.6 cm³/mol. The normalized spacial score (nSPS) is 10.8. The molecule has 0 aromatic rings. The monoisotopic (exact) mass is 186 g/mol. The van der Waals surface area contributed by atoms with E-state index in [1.165, 1.54) is 0 Å². The number of nitrogens with two attached hydrogens (primary N) is 2. The van der Waals surface area contributed by atoms with Crippen LogP contribution in [0.1, 0.15) is 33.1 Å². The number of primary amides is 2. The summed E-state index contributed by atoms with van der Waals surface area (Å²) in [4.78, 5) is 21.3. The molecular formula is C9H18N2O2. The molecule has 4 heteroatoms. The summed E-state index contributed by atoms with van der Waals surface area (Å²) in [5, 5.41) is 0. The molecular weight excluding hydrogens is 168 g/mol. The Morgan fingerprint density at radius 1 is 1.08 bits per heavy atom. The third-order valence-corrected chi connectivity index (χ3v) is 1.78. The van der Waals surface area contributed by atoms with Crippen molar-refractivity contribution in [3.8, 4) is 0 Å². The zero-order chi connectivity index (χ0) is 10.4. The van der Waals surface area contributed by atoms with E-state index in [4.69, 9.17) is 11.5 Å². The molecule has 0 aromatic heterocycles. The van der Waals surface area contributed by atoms with Crippen LogP contribution in [0, 0.1) is 11.8 Å². The Bertz CT molecular complexity index is 174. The number of hydrogen-bond acceptors (Lipinski definition) is 2. The van der Waals surface area contributed by atoms with E-state index in [1.54, 1.807) is 0 Å². The van der Waals surface area contributed by atoms with Gasteiger partial charge in [0.15, 0.2) is 0 Å². The summed E-state index contributed by atoms with van der Waals surface area (Å²) in [6, 6.07) is 0. The quantitative estimate of drug-likeness (QED) is 0.629. The van der Waals surface area contributed by atoms with Crippen LogP contribution in [0.25, 0.3) is 0 Å². The first kappa shape index (κ1) is 11.9. The van der Waals surface area contributed by atoms with Crippen molar-refractivity contribution >= 4 is 11.8 Å². The molecule has 76 valence electrons. The molecule has 0 aliphatic carbocycles. The summed E-state index contributed by atoms with van der Waals surface area (Å²) in [6.45, 7) is 4.07.